The third-order valence-electron chi connectivity index (χ3n) is 5.17. The number of nitrogens with zero attached hydrogens (tertiary/aromatic N) is 3. The van der Waals surface area contributed by atoms with Gasteiger partial charge in [-0.3, -0.25) is 9.89 Å². The van der Waals surface area contributed by atoms with E-state index in [4.69, 9.17) is 10.5 Å². The van der Waals surface area contributed by atoms with E-state index in [1.54, 1.807) is 0 Å². The lowest BCUT2D eigenvalue weighted by Gasteiger charge is -2.31. The first-order valence-electron chi connectivity index (χ1n) is 9.63. The van der Waals surface area contributed by atoms with E-state index in [0.717, 1.165) is 52.0 Å². The number of ether oxygens (including phenoxy) is 1. The van der Waals surface area contributed by atoms with Crippen LogP contribution < -0.4 is 5.73 Å². The Morgan fingerprint density at radius 2 is 1.88 bits per heavy atom. The van der Waals surface area contributed by atoms with E-state index in [1.807, 2.05) is 7.05 Å². The zero-order chi connectivity index (χ0) is 17.5. The fourth-order valence-electron chi connectivity index (χ4n) is 3.34. The summed E-state index contributed by atoms with van der Waals surface area (Å²) < 4.78 is 6.03. The van der Waals surface area contributed by atoms with E-state index < -0.39 is 0 Å². The number of hydrogen-bond acceptors (Lipinski definition) is 3. The summed E-state index contributed by atoms with van der Waals surface area (Å²) in [6, 6.07) is 11.3. The van der Waals surface area contributed by atoms with Crippen LogP contribution in [0.4, 0.5) is 0 Å². The van der Waals surface area contributed by atoms with Gasteiger partial charge in [0.05, 0.1) is 6.10 Å². The van der Waals surface area contributed by atoms with Gasteiger partial charge in [0.1, 0.15) is 0 Å². The molecule has 2 fully saturated rings. The molecule has 5 nitrogen and oxygen atoms in total. The number of rotatable bonds is 8. The van der Waals surface area contributed by atoms with Crippen LogP contribution in [0, 0.1) is 0 Å². The van der Waals surface area contributed by atoms with Crippen molar-refractivity contribution in [1.82, 2.24) is 9.80 Å². The molecule has 2 N–H and O–H groups in total. The van der Waals surface area contributed by atoms with Crippen molar-refractivity contribution in [2.45, 2.75) is 50.8 Å². The standard InChI is InChI=1S/C20H32N4O.HI/c1-23(18-8-9-18)20(21)22-12-5-15-25-19-10-13-24(14-11-19)16-17-6-3-2-4-7-17;/h2-4,6-7,18-19H,5,8-16H2,1H3,(H2,21,22);1H. The van der Waals surface area contributed by atoms with Gasteiger partial charge in [-0.15, -0.1) is 24.0 Å². The Morgan fingerprint density at radius 3 is 2.54 bits per heavy atom. The van der Waals surface area contributed by atoms with E-state index in [0.29, 0.717) is 18.1 Å². The molecule has 1 saturated heterocycles. The number of halogens is 1. The maximum Gasteiger partial charge on any atom is 0.191 e. The summed E-state index contributed by atoms with van der Waals surface area (Å²) in [5.41, 5.74) is 7.39. The molecule has 3 rings (SSSR count). The maximum atomic E-state index is 6.03. The minimum absolute atomic E-state index is 0. The molecule has 1 aliphatic heterocycles. The van der Waals surface area contributed by atoms with Crippen molar-refractivity contribution in [2.24, 2.45) is 10.7 Å². The topological polar surface area (TPSA) is 54.1 Å². The summed E-state index contributed by atoms with van der Waals surface area (Å²) in [5, 5.41) is 0. The predicted octanol–water partition coefficient (Wildman–Crippen LogP) is 3.08. The summed E-state index contributed by atoms with van der Waals surface area (Å²) in [6.45, 7) is 4.84. The van der Waals surface area contributed by atoms with Crippen LogP contribution in [0.25, 0.3) is 0 Å². The van der Waals surface area contributed by atoms with Gasteiger partial charge in [-0.2, -0.15) is 0 Å². The second-order valence-corrected chi connectivity index (χ2v) is 7.27. The SMILES string of the molecule is CN(C(N)=NCCCOC1CCN(Cc2ccccc2)CC1)C1CC1.I. The highest BCUT2D eigenvalue weighted by Crippen LogP contribution is 2.24. The van der Waals surface area contributed by atoms with Crippen molar-refractivity contribution in [1.29, 1.82) is 0 Å². The number of likely N-dealkylation sites (tertiary alicyclic amines) is 1. The van der Waals surface area contributed by atoms with Gasteiger partial charge in [-0.25, -0.2) is 0 Å². The van der Waals surface area contributed by atoms with Gasteiger partial charge >= 0.3 is 0 Å². The van der Waals surface area contributed by atoms with Crippen molar-refractivity contribution in [2.75, 3.05) is 33.3 Å². The average molecular weight is 472 g/mol. The quantitative estimate of drug-likeness (QED) is 0.274. The van der Waals surface area contributed by atoms with Crippen LogP contribution in [0.5, 0.6) is 0 Å². The Bertz CT molecular complexity index is 542. The molecule has 1 heterocycles. The number of piperidine rings is 1. The Morgan fingerprint density at radius 1 is 1.19 bits per heavy atom. The molecule has 0 spiro atoms. The molecule has 6 heteroatoms. The van der Waals surface area contributed by atoms with Gasteiger partial charge in [-0.05, 0) is 37.7 Å². The highest BCUT2D eigenvalue weighted by molar-refractivity contribution is 14.0. The molecule has 0 radical (unpaired) electrons. The number of nitrogens with two attached hydrogens (primary N) is 1. The largest absolute Gasteiger partial charge is 0.378 e. The van der Waals surface area contributed by atoms with Crippen LogP contribution in [0.1, 0.15) is 37.7 Å². The number of guanidine groups is 1. The van der Waals surface area contributed by atoms with Crippen molar-refractivity contribution < 1.29 is 4.74 Å². The Kier molecular flexibility index (Phi) is 9.15. The molecular weight excluding hydrogens is 439 g/mol. The molecule has 0 aromatic heterocycles. The van der Waals surface area contributed by atoms with E-state index in [9.17, 15) is 0 Å². The lowest BCUT2D eigenvalue weighted by Crippen LogP contribution is -2.37. The fraction of sp³-hybridized carbons (Fsp3) is 0.650. The Hall–Kier alpha value is -0.860. The third kappa shape index (κ3) is 7.04. The third-order valence-corrected chi connectivity index (χ3v) is 5.17. The van der Waals surface area contributed by atoms with E-state index >= 15 is 0 Å². The van der Waals surface area contributed by atoms with Crippen molar-refractivity contribution >= 4 is 29.9 Å². The molecule has 0 unspecified atom stereocenters. The zero-order valence-corrected chi connectivity index (χ0v) is 18.2. The molecule has 1 aromatic rings. The molecule has 146 valence electrons. The highest BCUT2D eigenvalue weighted by atomic mass is 127. The lowest BCUT2D eigenvalue weighted by molar-refractivity contribution is 0.00565. The second kappa shape index (κ2) is 11.1. The molecular formula is C20H33IN4O. The monoisotopic (exact) mass is 472 g/mol. The number of benzene rings is 1. The van der Waals surface area contributed by atoms with Crippen LogP contribution in [0.15, 0.2) is 35.3 Å². The minimum Gasteiger partial charge on any atom is -0.378 e. The molecule has 0 bridgehead atoms. The van der Waals surface area contributed by atoms with Crippen LogP contribution in [-0.2, 0) is 11.3 Å². The summed E-state index contributed by atoms with van der Waals surface area (Å²) >= 11 is 0. The van der Waals surface area contributed by atoms with Crippen LogP contribution in [0.3, 0.4) is 0 Å². The first kappa shape index (κ1) is 21.4. The van der Waals surface area contributed by atoms with Crippen LogP contribution in [0.2, 0.25) is 0 Å². The fourth-order valence-corrected chi connectivity index (χ4v) is 3.34. The van der Waals surface area contributed by atoms with Gasteiger partial charge in [0, 0.05) is 45.9 Å². The number of aliphatic imine (C=N–C) groups is 1. The van der Waals surface area contributed by atoms with Crippen LogP contribution >= 0.6 is 24.0 Å². The summed E-state index contributed by atoms with van der Waals surface area (Å²) in [4.78, 5) is 9.08. The summed E-state index contributed by atoms with van der Waals surface area (Å²) in [6.07, 6.45) is 6.11. The minimum atomic E-state index is 0. The predicted molar refractivity (Wildman–Crippen MR) is 118 cm³/mol. The van der Waals surface area contributed by atoms with Crippen molar-refractivity contribution in [3.05, 3.63) is 35.9 Å². The van der Waals surface area contributed by atoms with E-state index in [1.165, 1.54) is 18.4 Å². The summed E-state index contributed by atoms with van der Waals surface area (Å²) in [7, 11) is 2.04. The Labute approximate surface area is 175 Å². The Balaban J connectivity index is 0.00000243. The first-order valence-corrected chi connectivity index (χ1v) is 9.63. The lowest BCUT2D eigenvalue weighted by atomic mass is 10.1. The van der Waals surface area contributed by atoms with Gasteiger partial charge in [0.2, 0.25) is 0 Å². The van der Waals surface area contributed by atoms with Crippen molar-refractivity contribution in [3.8, 4) is 0 Å². The number of hydrogen-bond donors (Lipinski definition) is 1. The molecule has 1 aromatic carbocycles. The first-order chi connectivity index (χ1) is 12.2. The normalized spacial score (nSPS) is 19.2. The van der Waals surface area contributed by atoms with Crippen LogP contribution in [-0.4, -0.2) is 61.2 Å². The zero-order valence-electron chi connectivity index (χ0n) is 15.8. The highest BCUT2D eigenvalue weighted by Gasteiger charge is 2.27. The van der Waals surface area contributed by atoms with Gasteiger partial charge in [0.15, 0.2) is 5.96 Å². The molecule has 0 atom stereocenters. The van der Waals surface area contributed by atoms with Gasteiger partial charge in [0.25, 0.3) is 0 Å². The van der Waals surface area contributed by atoms with Gasteiger partial charge < -0.3 is 15.4 Å². The molecule has 26 heavy (non-hydrogen) atoms. The molecule has 2 aliphatic rings. The second-order valence-electron chi connectivity index (χ2n) is 7.27. The molecule has 1 saturated carbocycles. The average Bonchev–Trinajstić information content (AvgIpc) is 3.48. The maximum absolute atomic E-state index is 6.03. The van der Waals surface area contributed by atoms with Gasteiger partial charge in [-0.1, -0.05) is 30.3 Å². The van der Waals surface area contributed by atoms with E-state index in [-0.39, 0.29) is 24.0 Å². The van der Waals surface area contributed by atoms with E-state index in [2.05, 4.69) is 45.1 Å². The molecule has 1 aliphatic carbocycles. The van der Waals surface area contributed by atoms with Crippen molar-refractivity contribution in [3.63, 3.8) is 0 Å². The molecule has 0 amide bonds. The smallest absolute Gasteiger partial charge is 0.191 e. The summed E-state index contributed by atoms with van der Waals surface area (Å²) in [5.74, 6) is 0.678.